The van der Waals surface area contributed by atoms with Crippen molar-refractivity contribution in [1.29, 1.82) is 0 Å². The lowest BCUT2D eigenvalue weighted by atomic mass is 10.1. The molecule has 3 amide bonds. The number of aromatic amines is 1. The molecule has 1 aliphatic heterocycles. The van der Waals surface area contributed by atoms with Gasteiger partial charge >= 0.3 is 0 Å². The van der Waals surface area contributed by atoms with Crippen LogP contribution in [0.4, 0.5) is 0 Å². The molecular formula is C18H22N4O4. The smallest absolute Gasteiger partial charge is 0.270 e. The van der Waals surface area contributed by atoms with Gasteiger partial charge in [-0.05, 0) is 18.6 Å². The highest BCUT2D eigenvalue weighted by molar-refractivity contribution is 6.02. The number of piperazine rings is 1. The largest absolute Gasteiger partial charge is 0.495 e. The molecule has 138 valence electrons. The molecule has 0 bridgehead atoms. The Morgan fingerprint density at radius 2 is 2.00 bits per heavy atom. The first kappa shape index (κ1) is 17.8. The number of carbonyl (C=O) groups is 3. The Hall–Kier alpha value is -3.03. The van der Waals surface area contributed by atoms with Gasteiger partial charge in [-0.3, -0.25) is 14.4 Å². The summed E-state index contributed by atoms with van der Waals surface area (Å²) in [5, 5.41) is 0.904. The molecule has 3 rings (SSSR count). The SMILES string of the molecule is COc1cccc2c(C)c(C(=O)N3CCN(C(C)=O)[C@H](C(N)=O)C3)[nH]c12. The van der Waals surface area contributed by atoms with Gasteiger partial charge in [-0.1, -0.05) is 12.1 Å². The van der Waals surface area contributed by atoms with E-state index < -0.39 is 11.9 Å². The van der Waals surface area contributed by atoms with Gasteiger partial charge in [0.05, 0.1) is 19.2 Å². The Morgan fingerprint density at radius 1 is 1.27 bits per heavy atom. The fourth-order valence-electron chi connectivity index (χ4n) is 3.46. The maximum atomic E-state index is 13.0. The number of aryl methyl sites for hydroxylation is 1. The van der Waals surface area contributed by atoms with Crippen molar-refractivity contribution in [3.05, 3.63) is 29.5 Å². The number of methoxy groups -OCH3 is 1. The number of hydrogen-bond donors (Lipinski definition) is 2. The molecule has 0 aliphatic carbocycles. The second kappa shape index (κ2) is 6.70. The van der Waals surface area contributed by atoms with Gasteiger partial charge in [-0.25, -0.2) is 0 Å². The molecule has 1 aromatic heterocycles. The fourth-order valence-corrected chi connectivity index (χ4v) is 3.46. The lowest BCUT2D eigenvalue weighted by molar-refractivity contribution is -0.140. The van der Waals surface area contributed by atoms with Gasteiger partial charge in [0.2, 0.25) is 11.8 Å². The van der Waals surface area contributed by atoms with Crippen molar-refractivity contribution in [1.82, 2.24) is 14.8 Å². The van der Waals surface area contributed by atoms with Crippen molar-refractivity contribution < 1.29 is 19.1 Å². The van der Waals surface area contributed by atoms with E-state index in [0.29, 0.717) is 18.0 Å². The summed E-state index contributed by atoms with van der Waals surface area (Å²) >= 11 is 0. The molecule has 1 aromatic carbocycles. The second-order valence-electron chi connectivity index (χ2n) is 6.39. The average molecular weight is 358 g/mol. The minimum atomic E-state index is -0.815. The van der Waals surface area contributed by atoms with Crippen LogP contribution in [0.1, 0.15) is 23.0 Å². The summed E-state index contributed by atoms with van der Waals surface area (Å²) in [6.45, 7) is 3.95. The van der Waals surface area contributed by atoms with Gasteiger partial charge in [0.25, 0.3) is 5.91 Å². The standard InChI is InChI=1S/C18H22N4O4/c1-10-12-5-4-6-14(26-3)16(12)20-15(10)18(25)21-7-8-22(11(2)23)13(9-21)17(19)24/h4-6,13,20H,7-9H2,1-3H3,(H2,19,24)/t13-/m0/s1. The van der Waals surface area contributed by atoms with Crippen LogP contribution in [0.2, 0.25) is 0 Å². The summed E-state index contributed by atoms with van der Waals surface area (Å²) in [6.07, 6.45) is 0. The molecular weight excluding hydrogens is 336 g/mol. The van der Waals surface area contributed by atoms with E-state index in [4.69, 9.17) is 10.5 Å². The zero-order chi connectivity index (χ0) is 19.0. The zero-order valence-electron chi connectivity index (χ0n) is 15.0. The first-order chi connectivity index (χ1) is 12.3. The van der Waals surface area contributed by atoms with Crippen LogP contribution in [0.25, 0.3) is 10.9 Å². The molecule has 26 heavy (non-hydrogen) atoms. The molecule has 1 atom stereocenters. The number of rotatable bonds is 3. The van der Waals surface area contributed by atoms with Crippen molar-refractivity contribution in [3.63, 3.8) is 0 Å². The van der Waals surface area contributed by atoms with E-state index in [1.165, 1.54) is 11.8 Å². The first-order valence-electron chi connectivity index (χ1n) is 8.36. The highest BCUT2D eigenvalue weighted by Gasteiger charge is 2.35. The van der Waals surface area contributed by atoms with Crippen LogP contribution in [0.5, 0.6) is 5.75 Å². The summed E-state index contributed by atoms with van der Waals surface area (Å²) in [7, 11) is 1.57. The number of hydrogen-bond acceptors (Lipinski definition) is 4. The van der Waals surface area contributed by atoms with E-state index in [1.807, 2.05) is 25.1 Å². The number of carbonyl (C=O) groups excluding carboxylic acids is 3. The highest BCUT2D eigenvalue weighted by Crippen LogP contribution is 2.30. The Labute approximate surface area is 150 Å². The van der Waals surface area contributed by atoms with E-state index in [9.17, 15) is 14.4 Å². The number of benzene rings is 1. The van der Waals surface area contributed by atoms with Crippen LogP contribution < -0.4 is 10.5 Å². The number of nitrogens with two attached hydrogens (primary N) is 1. The Morgan fingerprint density at radius 3 is 2.62 bits per heavy atom. The fraction of sp³-hybridized carbons (Fsp3) is 0.389. The van der Waals surface area contributed by atoms with Crippen LogP contribution in [0, 0.1) is 6.92 Å². The molecule has 0 saturated carbocycles. The monoisotopic (exact) mass is 358 g/mol. The maximum absolute atomic E-state index is 13.0. The van der Waals surface area contributed by atoms with E-state index >= 15 is 0 Å². The molecule has 1 saturated heterocycles. The van der Waals surface area contributed by atoms with Crippen LogP contribution in [0.15, 0.2) is 18.2 Å². The lowest BCUT2D eigenvalue weighted by Crippen LogP contribution is -2.60. The summed E-state index contributed by atoms with van der Waals surface area (Å²) in [6, 6.07) is 4.79. The minimum absolute atomic E-state index is 0.0830. The normalized spacial score (nSPS) is 17.4. The van der Waals surface area contributed by atoms with Gasteiger partial charge in [0.1, 0.15) is 17.5 Å². The lowest BCUT2D eigenvalue weighted by Gasteiger charge is -2.39. The molecule has 0 radical (unpaired) electrons. The van der Waals surface area contributed by atoms with Gasteiger partial charge in [0.15, 0.2) is 0 Å². The number of H-pyrrole nitrogens is 1. The molecule has 1 fully saturated rings. The highest BCUT2D eigenvalue weighted by atomic mass is 16.5. The summed E-state index contributed by atoms with van der Waals surface area (Å²) in [5.41, 5.74) is 7.45. The molecule has 0 unspecified atom stereocenters. The number of fused-ring (bicyclic) bond motifs is 1. The molecule has 1 aliphatic rings. The van der Waals surface area contributed by atoms with Crippen LogP contribution in [-0.4, -0.2) is 65.3 Å². The van der Waals surface area contributed by atoms with Crippen molar-refractivity contribution in [2.24, 2.45) is 5.73 Å². The maximum Gasteiger partial charge on any atom is 0.270 e. The second-order valence-corrected chi connectivity index (χ2v) is 6.39. The Balaban J connectivity index is 1.93. The summed E-state index contributed by atoms with van der Waals surface area (Å²) in [5.74, 6) is -0.420. The number of para-hydroxylation sites is 1. The van der Waals surface area contributed by atoms with Crippen molar-refractivity contribution >= 4 is 28.6 Å². The minimum Gasteiger partial charge on any atom is -0.495 e. The zero-order valence-corrected chi connectivity index (χ0v) is 15.0. The molecule has 2 heterocycles. The van der Waals surface area contributed by atoms with E-state index in [2.05, 4.69) is 4.98 Å². The summed E-state index contributed by atoms with van der Waals surface area (Å²) < 4.78 is 5.35. The molecule has 8 nitrogen and oxygen atoms in total. The van der Waals surface area contributed by atoms with Crippen molar-refractivity contribution in [3.8, 4) is 5.75 Å². The number of nitrogens with one attached hydrogen (secondary N) is 1. The van der Waals surface area contributed by atoms with Crippen LogP contribution in [0.3, 0.4) is 0 Å². The third kappa shape index (κ3) is 2.87. The van der Waals surface area contributed by atoms with Crippen LogP contribution in [-0.2, 0) is 9.59 Å². The molecule has 2 aromatic rings. The Kier molecular flexibility index (Phi) is 4.58. The van der Waals surface area contributed by atoms with E-state index in [1.54, 1.807) is 12.0 Å². The van der Waals surface area contributed by atoms with Gasteiger partial charge in [-0.15, -0.1) is 0 Å². The molecule has 8 heteroatoms. The van der Waals surface area contributed by atoms with Gasteiger partial charge in [-0.2, -0.15) is 0 Å². The predicted molar refractivity (Wildman–Crippen MR) is 95.9 cm³/mol. The topological polar surface area (TPSA) is 109 Å². The molecule has 3 N–H and O–H groups in total. The van der Waals surface area contributed by atoms with E-state index in [-0.39, 0.29) is 24.9 Å². The predicted octanol–water partition coefficient (Wildman–Crippen LogP) is 0.643. The third-order valence-electron chi connectivity index (χ3n) is 4.89. The van der Waals surface area contributed by atoms with E-state index in [0.717, 1.165) is 16.5 Å². The number of aromatic nitrogens is 1. The average Bonchev–Trinajstić information content (AvgIpc) is 2.97. The quantitative estimate of drug-likeness (QED) is 0.839. The first-order valence-corrected chi connectivity index (χ1v) is 8.36. The number of primary amides is 1. The van der Waals surface area contributed by atoms with Gasteiger partial charge < -0.3 is 25.3 Å². The van der Waals surface area contributed by atoms with Crippen LogP contribution >= 0.6 is 0 Å². The molecule has 0 spiro atoms. The number of amides is 3. The number of ether oxygens (including phenoxy) is 1. The summed E-state index contributed by atoms with van der Waals surface area (Å²) in [4.78, 5) is 42.6. The Bertz CT molecular complexity index is 889. The van der Waals surface area contributed by atoms with Crippen molar-refractivity contribution in [2.45, 2.75) is 19.9 Å². The third-order valence-corrected chi connectivity index (χ3v) is 4.89. The number of nitrogens with zero attached hydrogens (tertiary/aromatic N) is 2. The van der Waals surface area contributed by atoms with Crippen molar-refractivity contribution in [2.75, 3.05) is 26.7 Å². The van der Waals surface area contributed by atoms with Gasteiger partial charge in [0, 0.05) is 25.4 Å².